The molecule has 0 atom stereocenters. The molecule has 0 radical (unpaired) electrons. The van der Waals surface area contributed by atoms with Gasteiger partial charge in [0.05, 0.1) is 10.0 Å². The Morgan fingerprint density at radius 1 is 0.944 bits per heavy atom. The molecule has 4 rings (SSSR count). The summed E-state index contributed by atoms with van der Waals surface area (Å²) in [6, 6.07) is 8.61. The summed E-state index contributed by atoms with van der Waals surface area (Å²) >= 11 is 12.8. The lowest BCUT2D eigenvalue weighted by molar-refractivity contribution is 0.0959. The van der Waals surface area contributed by atoms with Gasteiger partial charge in [-0.3, -0.25) is 10.1 Å². The van der Waals surface area contributed by atoms with Gasteiger partial charge in [-0.25, -0.2) is 13.6 Å². The fraction of sp³-hybridized carbons (Fsp3) is 0.231. The highest BCUT2D eigenvalue weighted by Crippen LogP contribution is 2.43. The minimum Gasteiger partial charge on any atom is -0.454 e. The molecule has 0 unspecified atom stereocenters. The summed E-state index contributed by atoms with van der Waals surface area (Å²) in [5.41, 5.74) is 2.78. The number of carbonyl (C=O) groups is 2. The maximum Gasteiger partial charge on any atom is 0.326 e. The quantitative estimate of drug-likeness (QED) is 0.371. The first kappa shape index (κ1) is 25.7. The third-order valence-corrected chi connectivity index (χ3v) is 6.40. The van der Waals surface area contributed by atoms with E-state index >= 15 is 0 Å². The van der Waals surface area contributed by atoms with E-state index in [9.17, 15) is 18.4 Å². The number of carbonyl (C=O) groups excluding carboxylic acids is 2. The zero-order valence-electron chi connectivity index (χ0n) is 19.6. The van der Waals surface area contributed by atoms with Gasteiger partial charge in [0, 0.05) is 31.0 Å². The molecule has 3 aromatic rings. The van der Waals surface area contributed by atoms with Gasteiger partial charge in [-0.15, -0.1) is 0 Å². The maximum absolute atomic E-state index is 13.8. The summed E-state index contributed by atoms with van der Waals surface area (Å²) in [5.74, 6) is -2.53. The van der Waals surface area contributed by atoms with Crippen molar-refractivity contribution < 1.29 is 23.1 Å². The van der Waals surface area contributed by atoms with E-state index in [0.29, 0.717) is 5.75 Å². The highest BCUT2D eigenvalue weighted by molar-refractivity contribution is 6.37. The smallest absolute Gasteiger partial charge is 0.326 e. The second-order valence-electron chi connectivity index (χ2n) is 8.52. The molecule has 36 heavy (non-hydrogen) atoms. The molecule has 0 aliphatic heterocycles. The van der Waals surface area contributed by atoms with Crippen LogP contribution >= 0.6 is 23.2 Å². The second-order valence-corrected chi connectivity index (χ2v) is 9.33. The molecule has 1 aliphatic carbocycles. The third-order valence-electron chi connectivity index (χ3n) is 5.83. The van der Waals surface area contributed by atoms with E-state index < -0.39 is 29.1 Å². The van der Waals surface area contributed by atoms with Crippen molar-refractivity contribution in [2.45, 2.75) is 25.7 Å². The molecule has 0 saturated carbocycles. The predicted octanol–water partition coefficient (Wildman–Crippen LogP) is 6.97. The molecule has 10 heteroatoms. The fourth-order valence-corrected chi connectivity index (χ4v) is 4.78. The van der Waals surface area contributed by atoms with Gasteiger partial charge >= 0.3 is 6.03 Å². The van der Waals surface area contributed by atoms with Crippen LogP contribution in [0.5, 0.6) is 11.5 Å². The molecule has 0 aromatic heterocycles. The van der Waals surface area contributed by atoms with Crippen molar-refractivity contribution in [3.05, 3.63) is 80.8 Å². The molecule has 0 heterocycles. The summed E-state index contributed by atoms with van der Waals surface area (Å²) in [6.45, 7) is 0. The van der Waals surface area contributed by atoms with Crippen LogP contribution < -0.4 is 20.3 Å². The van der Waals surface area contributed by atoms with E-state index in [1.807, 2.05) is 31.5 Å². The van der Waals surface area contributed by atoms with E-state index in [1.165, 1.54) is 17.7 Å². The Kier molecular flexibility index (Phi) is 7.66. The van der Waals surface area contributed by atoms with Crippen molar-refractivity contribution in [1.82, 2.24) is 5.32 Å². The van der Waals surface area contributed by atoms with Crippen LogP contribution in [0.25, 0.3) is 0 Å². The normalized spacial score (nSPS) is 12.5. The summed E-state index contributed by atoms with van der Waals surface area (Å²) in [7, 11) is 4.00. The second kappa shape index (κ2) is 10.7. The SMILES string of the molecule is CN(C)c1ccc(Oc2c(Cl)cc(NC(=O)NC(=O)c3c(F)cccc3F)cc2Cl)c2c1CCCC2. The van der Waals surface area contributed by atoms with Crippen LogP contribution in [0, 0.1) is 11.6 Å². The van der Waals surface area contributed by atoms with Crippen LogP contribution in [0.1, 0.15) is 34.3 Å². The summed E-state index contributed by atoms with van der Waals surface area (Å²) in [6.07, 6.45) is 3.98. The maximum atomic E-state index is 13.8. The number of benzene rings is 3. The number of rotatable bonds is 5. The molecule has 188 valence electrons. The Balaban J connectivity index is 1.52. The Morgan fingerprint density at radius 2 is 1.56 bits per heavy atom. The molecule has 6 nitrogen and oxygen atoms in total. The number of nitrogens with zero attached hydrogens (tertiary/aromatic N) is 1. The van der Waals surface area contributed by atoms with Gasteiger partial charge in [0.1, 0.15) is 22.9 Å². The zero-order valence-corrected chi connectivity index (χ0v) is 21.1. The van der Waals surface area contributed by atoms with Crippen molar-refractivity contribution >= 4 is 46.5 Å². The first-order valence-electron chi connectivity index (χ1n) is 11.2. The first-order valence-corrected chi connectivity index (χ1v) is 12.0. The van der Waals surface area contributed by atoms with Gasteiger partial charge in [-0.1, -0.05) is 29.3 Å². The lowest BCUT2D eigenvalue weighted by Crippen LogP contribution is -2.35. The van der Waals surface area contributed by atoms with Crippen molar-refractivity contribution in [2.24, 2.45) is 0 Å². The molecule has 1 aliphatic rings. The van der Waals surface area contributed by atoms with Gasteiger partial charge in [-0.2, -0.15) is 0 Å². The summed E-state index contributed by atoms with van der Waals surface area (Å²) in [4.78, 5) is 26.5. The minimum absolute atomic E-state index is 0.130. The van der Waals surface area contributed by atoms with Crippen LogP contribution in [0.3, 0.4) is 0 Å². The highest BCUT2D eigenvalue weighted by Gasteiger charge is 2.22. The standard InChI is InChI=1S/C26H23Cl2F2N3O3/c1-33(2)21-10-11-22(16-7-4-3-6-15(16)21)36-24-17(27)12-14(13-18(24)28)31-26(35)32-25(34)23-19(29)8-5-9-20(23)30/h5,8-13H,3-4,6-7H2,1-2H3,(H2,31,32,34,35). The van der Waals surface area contributed by atoms with E-state index in [1.54, 1.807) is 0 Å². The van der Waals surface area contributed by atoms with Gasteiger partial charge < -0.3 is 15.0 Å². The number of urea groups is 1. The van der Waals surface area contributed by atoms with Crippen molar-refractivity contribution in [1.29, 1.82) is 0 Å². The number of anilines is 2. The molecular formula is C26H23Cl2F2N3O3. The van der Waals surface area contributed by atoms with E-state index in [2.05, 4.69) is 10.2 Å². The van der Waals surface area contributed by atoms with E-state index in [-0.39, 0.29) is 21.5 Å². The average molecular weight is 534 g/mol. The number of nitrogens with one attached hydrogen (secondary N) is 2. The van der Waals surface area contributed by atoms with Crippen molar-refractivity contribution in [3.63, 3.8) is 0 Å². The number of amides is 3. The monoisotopic (exact) mass is 533 g/mol. The van der Waals surface area contributed by atoms with E-state index in [0.717, 1.165) is 55.1 Å². The van der Waals surface area contributed by atoms with Crippen molar-refractivity contribution in [3.8, 4) is 11.5 Å². The molecule has 0 bridgehead atoms. The Labute approximate surface area is 217 Å². The number of halogens is 4. The number of imide groups is 1. The molecular weight excluding hydrogens is 511 g/mol. The van der Waals surface area contributed by atoms with Gasteiger partial charge in [0.15, 0.2) is 5.75 Å². The summed E-state index contributed by atoms with van der Waals surface area (Å²) < 4.78 is 33.7. The van der Waals surface area contributed by atoms with Crippen LogP contribution in [0.4, 0.5) is 25.0 Å². The van der Waals surface area contributed by atoms with Gasteiger partial charge in [-0.05, 0) is 67.6 Å². The van der Waals surface area contributed by atoms with Gasteiger partial charge in [0.25, 0.3) is 5.91 Å². The minimum atomic E-state index is -1.23. The molecule has 0 spiro atoms. The first-order chi connectivity index (χ1) is 17.2. The lowest BCUT2D eigenvalue weighted by atomic mass is 9.89. The number of fused-ring (bicyclic) bond motifs is 1. The number of hydrogen-bond donors (Lipinski definition) is 2. The Hall–Kier alpha value is -3.36. The number of hydrogen-bond acceptors (Lipinski definition) is 4. The van der Waals surface area contributed by atoms with Crippen LogP contribution in [0.15, 0.2) is 42.5 Å². The highest BCUT2D eigenvalue weighted by atomic mass is 35.5. The molecule has 0 fully saturated rings. The van der Waals surface area contributed by atoms with E-state index in [4.69, 9.17) is 27.9 Å². The van der Waals surface area contributed by atoms with Crippen LogP contribution in [-0.2, 0) is 12.8 Å². The Morgan fingerprint density at radius 3 is 2.17 bits per heavy atom. The van der Waals surface area contributed by atoms with Crippen LogP contribution in [-0.4, -0.2) is 26.0 Å². The predicted molar refractivity (Wildman–Crippen MR) is 137 cm³/mol. The molecule has 2 N–H and O–H groups in total. The largest absolute Gasteiger partial charge is 0.454 e. The van der Waals surface area contributed by atoms with Crippen molar-refractivity contribution in [2.75, 3.05) is 24.3 Å². The molecule has 0 saturated heterocycles. The van der Waals surface area contributed by atoms with Gasteiger partial charge in [0.2, 0.25) is 0 Å². The summed E-state index contributed by atoms with van der Waals surface area (Å²) in [5, 5.41) is 4.52. The fourth-order valence-electron chi connectivity index (χ4n) is 4.21. The third kappa shape index (κ3) is 5.39. The lowest BCUT2D eigenvalue weighted by Gasteiger charge is -2.26. The molecule has 3 amide bonds. The topological polar surface area (TPSA) is 70.7 Å². The Bertz CT molecular complexity index is 1300. The average Bonchev–Trinajstić information content (AvgIpc) is 2.81. The number of ether oxygens (including phenoxy) is 1. The molecule has 3 aromatic carbocycles. The zero-order chi connectivity index (χ0) is 26.0. The van der Waals surface area contributed by atoms with Crippen LogP contribution in [0.2, 0.25) is 10.0 Å².